The van der Waals surface area contributed by atoms with Crippen LogP contribution in [0, 0.1) is 5.92 Å². The minimum atomic E-state index is 0. The van der Waals surface area contributed by atoms with Crippen LogP contribution in [-0.4, -0.2) is 48.0 Å². The molecule has 1 amide bonds. The first kappa shape index (κ1) is 21.6. The number of thiazole rings is 1. The molecule has 0 radical (unpaired) electrons. The number of nitrogens with one attached hydrogen (secondary N) is 2. The molecule has 3 heterocycles. The molecule has 2 aliphatic rings. The second-order valence-electron chi connectivity index (χ2n) is 8.51. The third kappa shape index (κ3) is 5.91. The molecule has 5 nitrogen and oxygen atoms in total. The van der Waals surface area contributed by atoms with Gasteiger partial charge in [-0.3, -0.25) is 9.69 Å². The Bertz CT molecular complexity index is 580. The van der Waals surface area contributed by atoms with Gasteiger partial charge in [0.2, 0.25) is 5.91 Å². The quantitative estimate of drug-likeness (QED) is 0.797. The minimum Gasteiger partial charge on any atom is -0.354 e. The second-order valence-corrected chi connectivity index (χ2v) is 9.62. The van der Waals surface area contributed by atoms with E-state index < -0.39 is 0 Å². The summed E-state index contributed by atoms with van der Waals surface area (Å²) < 4.78 is 0. The number of aromatic nitrogens is 1. The number of carbonyl (C=O) groups excluding carboxylic acids is 1. The van der Waals surface area contributed by atoms with E-state index in [9.17, 15) is 4.79 Å². The number of amides is 1. The van der Waals surface area contributed by atoms with Gasteiger partial charge >= 0.3 is 0 Å². The fourth-order valence-electron chi connectivity index (χ4n) is 3.66. The molecule has 0 aromatic carbocycles. The van der Waals surface area contributed by atoms with Gasteiger partial charge in [0, 0.05) is 24.2 Å². The van der Waals surface area contributed by atoms with Gasteiger partial charge in [-0.1, -0.05) is 20.8 Å². The van der Waals surface area contributed by atoms with Gasteiger partial charge in [0.15, 0.2) is 0 Å². The van der Waals surface area contributed by atoms with Gasteiger partial charge in [0.25, 0.3) is 0 Å². The fraction of sp³-hybridized carbons (Fsp3) is 0.789. The summed E-state index contributed by atoms with van der Waals surface area (Å²) in [5.74, 6) is 0.741. The minimum absolute atomic E-state index is 0. The Morgan fingerprint density at radius 3 is 2.85 bits per heavy atom. The zero-order valence-corrected chi connectivity index (χ0v) is 17.8. The predicted octanol–water partition coefficient (Wildman–Crippen LogP) is 2.94. The van der Waals surface area contributed by atoms with Crippen molar-refractivity contribution in [3.05, 3.63) is 16.1 Å². The normalized spacial score (nSPS) is 24.3. The first-order valence-corrected chi connectivity index (χ1v) is 10.4. The Kier molecular flexibility index (Phi) is 7.89. The molecular weight excluding hydrogens is 368 g/mol. The van der Waals surface area contributed by atoms with Gasteiger partial charge in [0.1, 0.15) is 5.01 Å². The molecule has 0 saturated carbocycles. The van der Waals surface area contributed by atoms with Crippen LogP contribution in [0.5, 0.6) is 0 Å². The lowest BCUT2D eigenvalue weighted by Crippen LogP contribution is -2.45. The molecule has 2 aliphatic heterocycles. The van der Waals surface area contributed by atoms with E-state index in [1.807, 2.05) is 17.5 Å². The number of hydrogen-bond donors (Lipinski definition) is 2. The van der Waals surface area contributed by atoms with E-state index in [4.69, 9.17) is 0 Å². The highest BCUT2D eigenvalue weighted by atomic mass is 35.5. The van der Waals surface area contributed by atoms with Crippen molar-refractivity contribution in [2.45, 2.75) is 64.5 Å². The highest BCUT2D eigenvalue weighted by Crippen LogP contribution is 2.29. The van der Waals surface area contributed by atoms with Crippen LogP contribution in [0.1, 0.15) is 56.3 Å². The molecule has 1 aromatic rings. The summed E-state index contributed by atoms with van der Waals surface area (Å²) in [6.45, 7) is 11.6. The maximum absolute atomic E-state index is 12.2. The van der Waals surface area contributed by atoms with Crippen molar-refractivity contribution in [2.24, 2.45) is 5.92 Å². The van der Waals surface area contributed by atoms with Crippen molar-refractivity contribution in [1.29, 1.82) is 0 Å². The summed E-state index contributed by atoms with van der Waals surface area (Å²) in [6, 6.07) is 0.0332. The molecule has 1 aromatic heterocycles. The summed E-state index contributed by atoms with van der Waals surface area (Å²) in [4.78, 5) is 20.6. The van der Waals surface area contributed by atoms with Gasteiger partial charge in [-0.25, -0.2) is 4.98 Å². The van der Waals surface area contributed by atoms with Crippen LogP contribution in [0.4, 0.5) is 0 Å². The lowest BCUT2D eigenvalue weighted by Gasteiger charge is -2.32. The van der Waals surface area contributed by atoms with Crippen LogP contribution in [0.2, 0.25) is 0 Å². The smallest absolute Gasteiger partial charge is 0.237 e. The summed E-state index contributed by atoms with van der Waals surface area (Å²) in [5.41, 5.74) is 0.179. The summed E-state index contributed by atoms with van der Waals surface area (Å²) in [7, 11) is 0. The summed E-state index contributed by atoms with van der Waals surface area (Å²) >= 11 is 1.84. The number of nitrogens with zero attached hydrogens (tertiary/aromatic N) is 2. The van der Waals surface area contributed by atoms with Crippen LogP contribution in [0.15, 0.2) is 6.20 Å². The molecule has 0 spiro atoms. The standard InChI is InChI=1S/C19H32N4OS.ClH/c1-19(2,3)16-11-21-17(25-16)13-23-9-5-6-14(12-23)10-22-18(24)15-7-4-8-20-15;/h11,14-15,20H,4-10,12-13H2,1-3H3,(H,22,24);1H. The van der Waals surface area contributed by atoms with Crippen molar-refractivity contribution in [1.82, 2.24) is 20.5 Å². The zero-order valence-electron chi connectivity index (χ0n) is 16.2. The molecule has 2 N–H and O–H groups in total. The molecule has 26 heavy (non-hydrogen) atoms. The second kappa shape index (κ2) is 9.49. The molecule has 2 unspecified atom stereocenters. The van der Waals surface area contributed by atoms with E-state index in [1.54, 1.807) is 0 Å². The maximum atomic E-state index is 12.2. The Morgan fingerprint density at radius 1 is 1.38 bits per heavy atom. The highest BCUT2D eigenvalue weighted by Gasteiger charge is 2.25. The van der Waals surface area contributed by atoms with Crippen LogP contribution in [0.25, 0.3) is 0 Å². The third-order valence-electron chi connectivity index (χ3n) is 5.20. The summed E-state index contributed by atoms with van der Waals surface area (Å²) in [5, 5.41) is 7.64. The predicted molar refractivity (Wildman–Crippen MR) is 110 cm³/mol. The zero-order chi connectivity index (χ0) is 17.9. The molecule has 2 atom stereocenters. The molecule has 0 bridgehead atoms. The van der Waals surface area contributed by atoms with Crippen molar-refractivity contribution < 1.29 is 4.79 Å². The number of hydrogen-bond acceptors (Lipinski definition) is 5. The van der Waals surface area contributed by atoms with Gasteiger partial charge < -0.3 is 10.6 Å². The van der Waals surface area contributed by atoms with Crippen molar-refractivity contribution in [2.75, 3.05) is 26.2 Å². The van der Waals surface area contributed by atoms with Gasteiger partial charge in [0.05, 0.1) is 12.6 Å². The van der Waals surface area contributed by atoms with Crippen molar-refractivity contribution >= 4 is 29.7 Å². The molecule has 148 valence electrons. The molecule has 3 rings (SSSR count). The van der Waals surface area contributed by atoms with Gasteiger partial charge in [-0.15, -0.1) is 23.7 Å². The van der Waals surface area contributed by atoms with Crippen molar-refractivity contribution in [3.63, 3.8) is 0 Å². The molecule has 7 heteroatoms. The maximum Gasteiger partial charge on any atom is 0.237 e. The molecule has 2 fully saturated rings. The Labute approximate surface area is 167 Å². The monoisotopic (exact) mass is 400 g/mol. The lowest BCUT2D eigenvalue weighted by molar-refractivity contribution is -0.123. The lowest BCUT2D eigenvalue weighted by atomic mass is 9.96. The number of carbonyl (C=O) groups is 1. The van der Waals surface area contributed by atoms with E-state index in [0.717, 1.165) is 45.6 Å². The SMILES string of the molecule is CC(C)(C)c1cnc(CN2CCCC(CNC(=O)C3CCCN3)C2)s1.Cl. The number of piperidine rings is 1. The topological polar surface area (TPSA) is 57.3 Å². The van der Waals surface area contributed by atoms with E-state index in [1.165, 1.54) is 22.7 Å². The van der Waals surface area contributed by atoms with E-state index >= 15 is 0 Å². The van der Waals surface area contributed by atoms with Crippen LogP contribution >= 0.6 is 23.7 Å². The van der Waals surface area contributed by atoms with Gasteiger partial charge in [-0.2, -0.15) is 0 Å². The van der Waals surface area contributed by atoms with Crippen molar-refractivity contribution in [3.8, 4) is 0 Å². The summed E-state index contributed by atoms with van der Waals surface area (Å²) in [6.07, 6.45) is 6.54. The highest BCUT2D eigenvalue weighted by molar-refractivity contribution is 7.11. The van der Waals surface area contributed by atoms with Crippen LogP contribution in [-0.2, 0) is 16.8 Å². The molecular formula is C19H33ClN4OS. The molecule has 0 aliphatic carbocycles. The number of halogens is 1. The van der Waals surface area contributed by atoms with E-state index in [2.05, 4.69) is 41.3 Å². The Morgan fingerprint density at radius 2 is 2.19 bits per heavy atom. The van der Waals surface area contributed by atoms with Gasteiger partial charge in [-0.05, 0) is 50.1 Å². The van der Waals surface area contributed by atoms with Crippen LogP contribution in [0.3, 0.4) is 0 Å². The fourth-order valence-corrected chi connectivity index (χ4v) is 4.68. The average Bonchev–Trinajstić information content (AvgIpc) is 3.24. The Hall–Kier alpha value is -0.690. The van der Waals surface area contributed by atoms with Crippen LogP contribution < -0.4 is 10.6 Å². The number of likely N-dealkylation sites (tertiary alicyclic amines) is 1. The van der Waals surface area contributed by atoms with E-state index in [0.29, 0.717) is 5.92 Å². The number of rotatable bonds is 5. The molecule has 2 saturated heterocycles. The first-order chi connectivity index (χ1) is 11.9. The Balaban J connectivity index is 0.00000243. The largest absolute Gasteiger partial charge is 0.354 e. The first-order valence-electron chi connectivity index (χ1n) is 9.60. The third-order valence-corrected chi connectivity index (χ3v) is 6.60. The van der Waals surface area contributed by atoms with E-state index in [-0.39, 0.29) is 29.8 Å². The average molecular weight is 401 g/mol.